The van der Waals surface area contributed by atoms with Crippen LogP contribution in [0.1, 0.15) is 56.9 Å². The summed E-state index contributed by atoms with van der Waals surface area (Å²) in [4.78, 5) is 2.63. The summed E-state index contributed by atoms with van der Waals surface area (Å²) in [5, 5.41) is 4.32. The van der Waals surface area contributed by atoms with E-state index in [0.717, 1.165) is 18.1 Å². The first-order chi connectivity index (χ1) is 10.8. The van der Waals surface area contributed by atoms with Gasteiger partial charge in [-0.15, -0.1) is 0 Å². The van der Waals surface area contributed by atoms with E-state index >= 15 is 0 Å². The van der Waals surface area contributed by atoms with Crippen molar-refractivity contribution in [3.05, 3.63) is 34.9 Å². The number of rotatable bonds is 11. The highest BCUT2D eigenvalue weighted by Crippen LogP contribution is 2.11. The zero-order chi connectivity index (χ0) is 15.5. The summed E-state index contributed by atoms with van der Waals surface area (Å²) < 4.78 is 0. The summed E-state index contributed by atoms with van der Waals surface area (Å²) in [6, 6.07) is 8.10. The molecule has 22 heavy (non-hydrogen) atoms. The Labute approximate surface area is 141 Å². The zero-order valence-electron chi connectivity index (χ0n) is 13.8. The number of benzene rings is 1. The van der Waals surface area contributed by atoms with Crippen LogP contribution in [0.3, 0.4) is 0 Å². The van der Waals surface area contributed by atoms with Crippen molar-refractivity contribution in [1.29, 1.82) is 0 Å². The fourth-order valence-electron chi connectivity index (χ4n) is 3.13. The third kappa shape index (κ3) is 7.62. The maximum absolute atomic E-state index is 5.88. The minimum atomic E-state index is 0.813. The fraction of sp³-hybridized carbons (Fsp3) is 0.684. The van der Waals surface area contributed by atoms with E-state index < -0.39 is 0 Å². The van der Waals surface area contributed by atoms with Gasteiger partial charge in [-0.2, -0.15) is 0 Å². The maximum Gasteiger partial charge on any atom is 0.0406 e. The number of hydrogen-bond donors (Lipinski definition) is 1. The largest absolute Gasteiger partial charge is 0.313 e. The molecule has 1 aromatic carbocycles. The van der Waals surface area contributed by atoms with Crippen LogP contribution in [0.4, 0.5) is 0 Å². The lowest BCUT2D eigenvalue weighted by molar-refractivity contribution is 0.327. The molecular formula is C19H31ClN2. The highest BCUT2D eigenvalue weighted by atomic mass is 35.5. The molecule has 1 aliphatic heterocycles. The minimum absolute atomic E-state index is 0.813. The second-order valence-corrected chi connectivity index (χ2v) is 6.91. The van der Waals surface area contributed by atoms with Crippen molar-refractivity contribution in [1.82, 2.24) is 10.2 Å². The molecule has 124 valence electrons. The van der Waals surface area contributed by atoms with E-state index in [4.69, 9.17) is 11.6 Å². The van der Waals surface area contributed by atoms with Gasteiger partial charge in [0.05, 0.1) is 0 Å². The summed E-state index contributed by atoms with van der Waals surface area (Å²) in [5.74, 6) is 0. The molecule has 3 heteroatoms. The van der Waals surface area contributed by atoms with Crippen molar-refractivity contribution in [3.8, 4) is 0 Å². The Morgan fingerprint density at radius 1 is 0.864 bits per heavy atom. The maximum atomic E-state index is 5.88. The Balaban J connectivity index is 1.34. The van der Waals surface area contributed by atoms with Gasteiger partial charge < -0.3 is 10.2 Å². The lowest BCUT2D eigenvalue weighted by atomic mass is 10.1. The van der Waals surface area contributed by atoms with Crippen molar-refractivity contribution in [3.63, 3.8) is 0 Å². The normalized spacial score (nSPS) is 15.5. The van der Waals surface area contributed by atoms with Crippen molar-refractivity contribution in [2.45, 2.75) is 57.9 Å². The van der Waals surface area contributed by atoms with Crippen LogP contribution < -0.4 is 5.32 Å². The number of likely N-dealkylation sites (tertiary alicyclic amines) is 1. The molecule has 1 N–H and O–H groups in total. The van der Waals surface area contributed by atoms with Gasteiger partial charge in [-0.25, -0.2) is 0 Å². The first-order valence-electron chi connectivity index (χ1n) is 9.02. The first-order valence-corrected chi connectivity index (χ1v) is 9.40. The van der Waals surface area contributed by atoms with Gasteiger partial charge in [0.15, 0.2) is 0 Å². The average Bonchev–Trinajstić information content (AvgIpc) is 3.04. The van der Waals surface area contributed by atoms with Gasteiger partial charge in [0, 0.05) is 11.6 Å². The highest BCUT2D eigenvalue weighted by molar-refractivity contribution is 6.30. The topological polar surface area (TPSA) is 15.3 Å². The Kier molecular flexibility index (Phi) is 8.92. The highest BCUT2D eigenvalue weighted by Gasteiger charge is 2.09. The lowest BCUT2D eigenvalue weighted by Gasteiger charge is -2.13. The quantitative estimate of drug-likeness (QED) is 0.585. The molecule has 0 aliphatic carbocycles. The van der Waals surface area contributed by atoms with E-state index in [9.17, 15) is 0 Å². The van der Waals surface area contributed by atoms with Crippen LogP contribution >= 0.6 is 11.6 Å². The Bertz CT molecular complexity index is 385. The monoisotopic (exact) mass is 322 g/mol. The standard InChI is InChI=1S/C19H31ClN2/c20-19-11-9-18(10-12-19)17-21-13-5-3-1-2-4-6-14-22-15-7-8-16-22/h9-12,21H,1-8,13-17H2. The molecule has 1 saturated heterocycles. The van der Waals surface area contributed by atoms with Crippen LogP contribution in [0.2, 0.25) is 5.02 Å². The van der Waals surface area contributed by atoms with E-state index in [1.165, 1.54) is 76.6 Å². The molecule has 0 atom stereocenters. The Morgan fingerprint density at radius 2 is 1.50 bits per heavy atom. The van der Waals surface area contributed by atoms with Gasteiger partial charge in [0.25, 0.3) is 0 Å². The molecule has 0 aromatic heterocycles. The van der Waals surface area contributed by atoms with E-state index in [1.807, 2.05) is 12.1 Å². The number of unbranched alkanes of at least 4 members (excludes halogenated alkanes) is 5. The van der Waals surface area contributed by atoms with Crippen LogP contribution in [0.15, 0.2) is 24.3 Å². The van der Waals surface area contributed by atoms with E-state index in [-0.39, 0.29) is 0 Å². The van der Waals surface area contributed by atoms with Gasteiger partial charge in [-0.1, -0.05) is 49.4 Å². The lowest BCUT2D eigenvalue weighted by Crippen LogP contribution is -2.20. The molecule has 2 nitrogen and oxygen atoms in total. The van der Waals surface area contributed by atoms with Gasteiger partial charge in [0.2, 0.25) is 0 Å². The van der Waals surface area contributed by atoms with Gasteiger partial charge >= 0.3 is 0 Å². The summed E-state index contributed by atoms with van der Waals surface area (Å²) >= 11 is 5.88. The zero-order valence-corrected chi connectivity index (χ0v) is 14.6. The molecule has 1 aliphatic rings. The number of nitrogens with one attached hydrogen (secondary N) is 1. The summed E-state index contributed by atoms with van der Waals surface area (Å²) in [7, 11) is 0. The molecule has 2 rings (SSSR count). The summed E-state index contributed by atoms with van der Waals surface area (Å²) in [6.45, 7) is 6.10. The first kappa shape index (κ1) is 17.8. The van der Waals surface area contributed by atoms with Crippen molar-refractivity contribution >= 4 is 11.6 Å². The number of hydrogen-bond acceptors (Lipinski definition) is 2. The molecule has 0 bridgehead atoms. The van der Waals surface area contributed by atoms with Crippen molar-refractivity contribution in [2.75, 3.05) is 26.2 Å². The second-order valence-electron chi connectivity index (χ2n) is 6.47. The van der Waals surface area contributed by atoms with Crippen LogP contribution in [-0.2, 0) is 6.54 Å². The van der Waals surface area contributed by atoms with E-state index in [0.29, 0.717) is 0 Å². The molecule has 1 aromatic rings. The van der Waals surface area contributed by atoms with Gasteiger partial charge in [0.1, 0.15) is 0 Å². The average molecular weight is 323 g/mol. The molecule has 0 amide bonds. The van der Waals surface area contributed by atoms with Crippen LogP contribution in [0, 0.1) is 0 Å². The van der Waals surface area contributed by atoms with Crippen LogP contribution in [0.5, 0.6) is 0 Å². The van der Waals surface area contributed by atoms with Gasteiger partial charge in [-0.3, -0.25) is 0 Å². The Morgan fingerprint density at radius 3 is 2.23 bits per heavy atom. The molecule has 0 unspecified atom stereocenters. The summed E-state index contributed by atoms with van der Waals surface area (Å²) in [5.41, 5.74) is 1.31. The number of nitrogens with zero attached hydrogens (tertiary/aromatic N) is 1. The molecular weight excluding hydrogens is 292 g/mol. The third-order valence-corrected chi connectivity index (χ3v) is 4.77. The molecule has 1 heterocycles. The SMILES string of the molecule is Clc1ccc(CNCCCCCCCCN2CCCC2)cc1. The van der Waals surface area contributed by atoms with Crippen LogP contribution in [0.25, 0.3) is 0 Å². The van der Waals surface area contributed by atoms with Crippen molar-refractivity contribution < 1.29 is 0 Å². The fourth-order valence-corrected chi connectivity index (χ4v) is 3.26. The smallest absolute Gasteiger partial charge is 0.0406 e. The minimum Gasteiger partial charge on any atom is -0.313 e. The summed E-state index contributed by atoms with van der Waals surface area (Å²) in [6.07, 6.45) is 11.1. The molecule has 0 spiro atoms. The Hall–Kier alpha value is -0.570. The molecule has 0 saturated carbocycles. The van der Waals surface area contributed by atoms with E-state index in [1.54, 1.807) is 0 Å². The molecule has 1 fully saturated rings. The predicted molar refractivity (Wildman–Crippen MR) is 96.5 cm³/mol. The second kappa shape index (κ2) is 11.0. The number of halogens is 1. The van der Waals surface area contributed by atoms with E-state index in [2.05, 4.69) is 22.3 Å². The molecule has 0 radical (unpaired) electrons. The third-order valence-electron chi connectivity index (χ3n) is 4.52. The van der Waals surface area contributed by atoms with Gasteiger partial charge in [-0.05, 0) is 69.6 Å². The van der Waals surface area contributed by atoms with Crippen LogP contribution in [-0.4, -0.2) is 31.1 Å². The van der Waals surface area contributed by atoms with Crippen molar-refractivity contribution in [2.24, 2.45) is 0 Å². The predicted octanol–water partition coefficient (Wildman–Crippen LogP) is 4.87.